The summed E-state index contributed by atoms with van der Waals surface area (Å²) in [6.45, 7) is 10.2. The predicted octanol–water partition coefficient (Wildman–Crippen LogP) is 3.58. The summed E-state index contributed by atoms with van der Waals surface area (Å²) in [7, 11) is 0. The van der Waals surface area contributed by atoms with Gasteiger partial charge in [0.2, 0.25) is 0 Å². The SMILES string of the molecule is CCOC(=O)/C(C)=C/c1cc(C)c(C)cc1C. The minimum absolute atomic E-state index is 0.245. The van der Waals surface area contributed by atoms with Gasteiger partial charge in [-0.2, -0.15) is 0 Å². The highest BCUT2D eigenvalue weighted by Gasteiger charge is 2.06. The summed E-state index contributed by atoms with van der Waals surface area (Å²) in [5.41, 5.74) is 5.40. The van der Waals surface area contributed by atoms with Gasteiger partial charge in [-0.05, 0) is 62.9 Å². The Morgan fingerprint density at radius 3 is 2.35 bits per heavy atom. The fourth-order valence-corrected chi connectivity index (χ4v) is 1.68. The maximum Gasteiger partial charge on any atom is 0.333 e. The van der Waals surface area contributed by atoms with Gasteiger partial charge in [-0.1, -0.05) is 12.1 Å². The average Bonchev–Trinajstić information content (AvgIpc) is 2.26. The van der Waals surface area contributed by atoms with E-state index in [-0.39, 0.29) is 5.97 Å². The van der Waals surface area contributed by atoms with Crippen molar-refractivity contribution >= 4 is 12.0 Å². The molecule has 0 aliphatic rings. The van der Waals surface area contributed by atoms with E-state index in [9.17, 15) is 4.79 Å². The lowest BCUT2D eigenvalue weighted by molar-refractivity contribution is -0.138. The molecule has 92 valence electrons. The molecular formula is C15H20O2. The number of rotatable bonds is 3. The summed E-state index contributed by atoms with van der Waals surface area (Å²) in [5.74, 6) is -0.245. The Bertz CT molecular complexity index is 456. The zero-order chi connectivity index (χ0) is 13.0. The van der Waals surface area contributed by atoms with Crippen molar-refractivity contribution in [1.29, 1.82) is 0 Å². The van der Waals surface area contributed by atoms with Crippen LogP contribution in [0.5, 0.6) is 0 Å². The largest absolute Gasteiger partial charge is 0.463 e. The van der Waals surface area contributed by atoms with E-state index in [0.29, 0.717) is 12.2 Å². The highest BCUT2D eigenvalue weighted by molar-refractivity contribution is 5.93. The van der Waals surface area contributed by atoms with Crippen molar-refractivity contribution in [3.63, 3.8) is 0 Å². The molecule has 0 aliphatic heterocycles. The van der Waals surface area contributed by atoms with Crippen LogP contribution in [0.2, 0.25) is 0 Å². The van der Waals surface area contributed by atoms with Gasteiger partial charge in [-0.25, -0.2) is 4.79 Å². The molecule has 0 spiro atoms. The molecule has 0 aromatic heterocycles. The Labute approximate surface area is 103 Å². The van der Waals surface area contributed by atoms with Crippen LogP contribution in [-0.2, 0) is 9.53 Å². The predicted molar refractivity (Wildman–Crippen MR) is 70.9 cm³/mol. The first-order valence-corrected chi connectivity index (χ1v) is 5.89. The van der Waals surface area contributed by atoms with Crippen LogP contribution in [-0.4, -0.2) is 12.6 Å². The monoisotopic (exact) mass is 232 g/mol. The van der Waals surface area contributed by atoms with Crippen LogP contribution in [0.4, 0.5) is 0 Å². The lowest BCUT2D eigenvalue weighted by atomic mass is 9.99. The topological polar surface area (TPSA) is 26.3 Å². The van der Waals surface area contributed by atoms with Crippen molar-refractivity contribution in [2.75, 3.05) is 6.61 Å². The number of ether oxygens (including phenoxy) is 1. The maximum atomic E-state index is 11.5. The number of carbonyl (C=O) groups is 1. The number of hydrogen-bond acceptors (Lipinski definition) is 2. The second kappa shape index (κ2) is 5.67. The quantitative estimate of drug-likeness (QED) is 0.588. The molecule has 0 aliphatic carbocycles. The summed E-state index contributed by atoms with van der Waals surface area (Å²) in [4.78, 5) is 11.5. The third-order valence-corrected chi connectivity index (χ3v) is 2.85. The lowest BCUT2D eigenvalue weighted by Crippen LogP contribution is -2.05. The molecule has 0 amide bonds. The Morgan fingerprint density at radius 2 is 1.76 bits per heavy atom. The second-order valence-corrected chi connectivity index (χ2v) is 4.34. The summed E-state index contributed by atoms with van der Waals surface area (Å²) < 4.78 is 4.96. The van der Waals surface area contributed by atoms with E-state index in [1.807, 2.05) is 13.0 Å². The van der Waals surface area contributed by atoms with Crippen LogP contribution in [0, 0.1) is 20.8 Å². The summed E-state index contributed by atoms with van der Waals surface area (Å²) in [5, 5.41) is 0. The lowest BCUT2D eigenvalue weighted by Gasteiger charge is -2.07. The van der Waals surface area contributed by atoms with E-state index >= 15 is 0 Å². The molecule has 2 heteroatoms. The van der Waals surface area contributed by atoms with Crippen LogP contribution in [0.1, 0.15) is 36.1 Å². The van der Waals surface area contributed by atoms with Crippen molar-refractivity contribution in [1.82, 2.24) is 0 Å². The van der Waals surface area contributed by atoms with E-state index in [2.05, 4.69) is 32.9 Å². The smallest absolute Gasteiger partial charge is 0.333 e. The number of benzene rings is 1. The fraction of sp³-hybridized carbons (Fsp3) is 0.400. The standard InChI is InChI=1S/C15H20O2/c1-6-17-15(16)13(5)9-14-8-11(3)10(2)7-12(14)4/h7-9H,6H2,1-5H3/b13-9+. The third kappa shape index (κ3) is 3.45. The molecule has 1 aromatic rings. The van der Waals surface area contributed by atoms with Crippen molar-refractivity contribution in [3.05, 3.63) is 40.0 Å². The Balaban J connectivity index is 3.06. The van der Waals surface area contributed by atoms with E-state index in [0.717, 1.165) is 5.56 Å². The fourth-order valence-electron chi connectivity index (χ4n) is 1.68. The van der Waals surface area contributed by atoms with Gasteiger partial charge < -0.3 is 4.74 Å². The van der Waals surface area contributed by atoms with Crippen molar-refractivity contribution in [2.45, 2.75) is 34.6 Å². The molecule has 1 aromatic carbocycles. The normalized spacial score (nSPS) is 11.5. The minimum Gasteiger partial charge on any atom is -0.463 e. The molecule has 0 bridgehead atoms. The van der Waals surface area contributed by atoms with E-state index in [4.69, 9.17) is 4.74 Å². The Hall–Kier alpha value is -1.57. The highest BCUT2D eigenvalue weighted by atomic mass is 16.5. The average molecular weight is 232 g/mol. The molecule has 0 N–H and O–H groups in total. The van der Waals surface area contributed by atoms with Crippen LogP contribution >= 0.6 is 0 Å². The molecule has 2 nitrogen and oxygen atoms in total. The molecule has 0 heterocycles. The number of esters is 1. The number of carbonyl (C=O) groups excluding carboxylic acids is 1. The number of hydrogen-bond donors (Lipinski definition) is 0. The van der Waals surface area contributed by atoms with Crippen molar-refractivity contribution < 1.29 is 9.53 Å². The Morgan fingerprint density at radius 1 is 1.18 bits per heavy atom. The first-order valence-electron chi connectivity index (χ1n) is 5.89. The minimum atomic E-state index is -0.245. The van der Waals surface area contributed by atoms with Gasteiger partial charge in [0, 0.05) is 5.57 Å². The van der Waals surface area contributed by atoms with Crippen LogP contribution in [0.25, 0.3) is 6.08 Å². The van der Waals surface area contributed by atoms with Gasteiger partial charge in [-0.3, -0.25) is 0 Å². The van der Waals surface area contributed by atoms with E-state index in [1.54, 1.807) is 6.92 Å². The summed E-state index contributed by atoms with van der Waals surface area (Å²) >= 11 is 0. The van der Waals surface area contributed by atoms with E-state index < -0.39 is 0 Å². The molecule has 0 saturated carbocycles. The zero-order valence-corrected chi connectivity index (χ0v) is 11.3. The van der Waals surface area contributed by atoms with Crippen LogP contribution in [0.15, 0.2) is 17.7 Å². The second-order valence-electron chi connectivity index (χ2n) is 4.34. The maximum absolute atomic E-state index is 11.5. The molecule has 0 atom stereocenters. The molecule has 0 unspecified atom stereocenters. The molecule has 17 heavy (non-hydrogen) atoms. The molecule has 0 saturated heterocycles. The summed E-state index contributed by atoms with van der Waals surface area (Å²) in [6.07, 6.45) is 1.89. The highest BCUT2D eigenvalue weighted by Crippen LogP contribution is 2.18. The summed E-state index contributed by atoms with van der Waals surface area (Å²) in [6, 6.07) is 4.24. The van der Waals surface area contributed by atoms with Gasteiger partial charge in [0.25, 0.3) is 0 Å². The molecule has 0 radical (unpaired) electrons. The van der Waals surface area contributed by atoms with Crippen molar-refractivity contribution in [3.8, 4) is 0 Å². The molecule has 0 fully saturated rings. The number of aryl methyl sites for hydroxylation is 3. The first kappa shape index (κ1) is 13.5. The first-order chi connectivity index (χ1) is 7.95. The van der Waals surface area contributed by atoms with Gasteiger partial charge in [-0.15, -0.1) is 0 Å². The Kier molecular flexibility index (Phi) is 4.50. The molecule has 1 rings (SSSR count). The van der Waals surface area contributed by atoms with Gasteiger partial charge >= 0.3 is 5.97 Å². The molecular weight excluding hydrogens is 212 g/mol. The van der Waals surface area contributed by atoms with E-state index in [1.165, 1.54) is 16.7 Å². The van der Waals surface area contributed by atoms with Crippen LogP contribution < -0.4 is 0 Å². The van der Waals surface area contributed by atoms with Gasteiger partial charge in [0.1, 0.15) is 0 Å². The van der Waals surface area contributed by atoms with Gasteiger partial charge in [0.05, 0.1) is 6.61 Å². The zero-order valence-electron chi connectivity index (χ0n) is 11.3. The third-order valence-electron chi connectivity index (χ3n) is 2.85. The van der Waals surface area contributed by atoms with Crippen molar-refractivity contribution in [2.24, 2.45) is 0 Å². The van der Waals surface area contributed by atoms with Gasteiger partial charge in [0.15, 0.2) is 0 Å². The van der Waals surface area contributed by atoms with Crippen LogP contribution in [0.3, 0.4) is 0 Å².